The number of pyridine rings is 1. The number of fused-ring (bicyclic) bond motifs is 2. The van der Waals surface area contributed by atoms with Gasteiger partial charge in [-0.15, -0.1) is 0 Å². The highest BCUT2D eigenvalue weighted by Crippen LogP contribution is 2.41. The van der Waals surface area contributed by atoms with Crippen LogP contribution in [-0.4, -0.2) is 33.1 Å². The van der Waals surface area contributed by atoms with Gasteiger partial charge in [-0.1, -0.05) is 0 Å². The first kappa shape index (κ1) is 15.9. The lowest BCUT2D eigenvalue weighted by Crippen LogP contribution is -2.40. The van der Waals surface area contributed by atoms with Crippen LogP contribution < -0.4 is 15.0 Å². The van der Waals surface area contributed by atoms with Crippen molar-refractivity contribution < 1.29 is 9.53 Å². The lowest BCUT2D eigenvalue weighted by atomic mass is 10.2. The van der Waals surface area contributed by atoms with E-state index >= 15 is 0 Å². The summed E-state index contributed by atoms with van der Waals surface area (Å²) in [5.74, 6) is 2.36. The lowest BCUT2D eigenvalue weighted by molar-refractivity contribution is -0.121. The third-order valence-corrected chi connectivity index (χ3v) is 5.68. The summed E-state index contributed by atoms with van der Waals surface area (Å²) in [6.45, 7) is 1.13. The Morgan fingerprint density at radius 1 is 1.14 bits per heavy atom. The van der Waals surface area contributed by atoms with E-state index in [1.54, 1.807) is 0 Å². The molecule has 7 nitrogen and oxygen atoms in total. The van der Waals surface area contributed by atoms with Gasteiger partial charge in [0.15, 0.2) is 6.61 Å². The van der Waals surface area contributed by atoms with Gasteiger partial charge < -0.3 is 19.5 Å². The van der Waals surface area contributed by atoms with Crippen LogP contribution in [0.25, 0.3) is 11.0 Å². The van der Waals surface area contributed by atoms with Gasteiger partial charge in [0.05, 0.1) is 23.7 Å². The normalized spacial score (nSPS) is 18.9. The van der Waals surface area contributed by atoms with E-state index in [1.165, 1.54) is 12.8 Å². The van der Waals surface area contributed by atoms with Crippen molar-refractivity contribution in [3.63, 3.8) is 0 Å². The fraction of sp³-hybridized carbons (Fsp3) is 0.381. The molecule has 28 heavy (non-hydrogen) atoms. The van der Waals surface area contributed by atoms with Gasteiger partial charge in [0, 0.05) is 30.4 Å². The van der Waals surface area contributed by atoms with Crippen LogP contribution in [-0.2, 0) is 11.3 Å². The Balaban J connectivity index is 1.28. The van der Waals surface area contributed by atoms with E-state index in [2.05, 4.69) is 19.9 Å². The zero-order valence-corrected chi connectivity index (χ0v) is 15.5. The molecule has 0 radical (unpaired) electrons. The molecule has 1 aliphatic heterocycles. The number of ether oxygens (including phenoxy) is 1. The van der Waals surface area contributed by atoms with Crippen molar-refractivity contribution in [3.8, 4) is 5.75 Å². The number of hydrogen-bond acceptors (Lipinski definition) is 5. The van der Waals surface area contributed by atoms with Crippen LogP contribution in [0, 0.1) is 5.92 Å². The van der Waals surface area contributed by atoms with Gasteiger partial charge in [0.1, 0.15) is 17.1 Å². The summed E-state index contributed by atoms with van der Waals surface area (Å²) in [7, 11) is 0. The third kappa shape index (κ3) is 2.78. The van der Waals surface area contributed by atoms with Crippen molar-refractivity contribution in [2.75, 3.05) is 16.8 Å². The Labute approximate surface area is 162 Å². The molecule has 3 aliphatic rings. The van der Waals surface area contributed by atoms with Gasteiger partial charge in [-0.25, -0.2) is 9.97 Å². The van der Waals surface area contributed by atoms with Crippen LogP contribution in [0.4, 0.5) is 17.2 Å². The summed E-state index contributed by atoms with van der Waals surface area (Å²) in [5.41, 5.74) is 3.78. The number of nitrogens with one attached hydrogen (secondary N) is 1. The molecule has 1 N–H and O–H groups in total. The van der Waals surface area contributed by atoms with Crippen molar-refractivity contribution in [1.29, 1.82) is 0 Å². The largest absolute Gasteiger partial charge is 0.481 e. The summed E-state index contributed by atoms with van der Waals surface area (Å²) in [5, 5.41) is 3.37. The van der Waals surface area contributed by atoms with Crippen LogP contribution in [0.2, 0.25) is 0 Å². The highest BCUT2D eigenvalue weighted by molar-refractivity contribution is 5.99. The van der Waals surface area contributed by atoms with Gasteiger partial charge in [0.2, 0.25) is 0 Å². The van der Waals surface area contributed by atoms with Crippen LogP contribution in [0.15, 0.2) is 36.8 Å². The van der Waals surface area contributed by atoms with Crippen molar-refractivity contribution >= 4 is 34.1 Å². The molecule has 2 aromatic heterocycles. The van der Waals surface area contributed by atoms with Crippen molar-refractivity contribution in [3.05, 3.63) is 36.8 Å². The number of nitrogens with zero attached hydrogens (tertiary/aromatic N) is 4. The molecule has 6 rings (SSSR count). The smallest absolute Gasteiger partial charge is 0.265 e. The number of hydrogen-bond donors (Lipinski definition) is 1. The second kappa shape index (κ2) is 5.95. The van der Waals surface area contributed by atoms with Gasteiger partial charge in [-0.3, -0.25) is 4.79 Å². The van der Waals surface area contributed by atoms with Crippen LogP contribution in [0.5, 0.6) is 5.75 Å². The number of anilines is 3. The lowest BCUT2D eigenvalue weighted by Gasteiger charge is -2.29. The van der Waals surface area contributed by atoms with Gasteiger partial charge in [0.25, 0.3) is 5.91 Å². The number of carbonyl (C=O) groups excluding carboxylic acids is 1. The molecule has 3 aromatic rings. The summed E-state index contributed by atoms with van der Waals surface area (Å²) in [6.07, 6.45) is 8.48. The summed E-state index contributed by atoms with van der Waals surface area (Å²) in [4.78, 5) is 23.0. The van der Waals surface area contributed by atoms with Crippen LogP contribution in [0.3, 0.4) is 0 Å². The van der Waals surface area contributed by atoms with E-state index in [-0.39, 0.29) is 12.5 Å². The fourth-order valence-corrected chi connectivity index (χ4v) is 3.88. The van der Waals surface area contributed by atoms with Crippen molar-refractivity contribution in [1.82, 2.24) is 14.5 Å². The second-order valence-electron chi connectivity index (χ2n) is 7.99. The average molecular weight is 375 g/mol. The standard InChI is InChI=1S/C21H21N5O2/c27-21-11-28-19-7-14(3-6-17(19)26(21)15-4-5-15)24-20-8-18-16(9-22-20)23-12-25(18)10-13-1-2-13/h3,6-9,12-13,15H,1-2,4-5,10-11H2,(H,22,24). The molecule has 0 unspecified atom stereocenters. The highest BCUT2D eigenvalue weighted by atomic mass is 16.5. The Bertz CT molecular complexity index is 1080. The molecule has 2 aliphatic carbocycles. The first-order valence-corrected chi connectivity index (χ1v) is 9.91. The van der Waals surface area contributed by atoms with Gasteiger partial charge in [-0.2, -0.15) is 0 Å². The Morgan fingerprint density at radius 3 is 2.86 bits per heavy atom. The van der Waals surface area contributed by atoms with E-state index < -0.39 is 0 Å². The Kier molecular flexibility index (Phi) is 3.38. The Morgan fingerprint density at radius 2 is 2.04 bits per heavy atom. The molecule has 0 saturated heterocycles. The highest BCUT2D eigenvalue weighted by Gasteiger charge is 2.37. The van der Waals surface area contributed by atoms with Crippen molar-refractivity contribution in [2.24, 2.45) is 5.92 Å². The molecule has 142 valence electrons. The maximum atomic E-state index is 12.2. The maximum Gasteiger partial charge on any atom is 0.265 e. The number of carbonyl (C=O) groups is 1. The topological polar surface area (TPSA) is 72.3 Å². The van der Waals surface area contributed by atoms with Crippen LogP contribution >= 0.6 is 0 Å². The van der Waals surface area contributed by atoms with Crippen LogP contribution in [0.1, 0.15) is 25.7 Å². The van der Waals surface area contributed by atoms with E-state index in [1.807, 2.05) is 41.7 Å². The molecule has 0 spiro atoms. The Hall–Kier alpha value is -3.09. The minimum absolute atomic E-state index is 0.0479. The number of rotatable bonds is 5. The predicted molar refractivity (Wildman–Crippen MR) is 106 cm³/mol. The minimum Gasteiger partial charge on any atom is -0.481 e. The summed E-state index contributed by atoms with van der Waals surface area (Å²) in [6, 6.07) is 8.27. The molecule has 3 heterocycles. The minimum atomic E-state index is 0.0479. The van der Waals surface area contributed by atoms with E-state index in [9.17, 15) is 4.79 Å². The molecule has 0 atom stereocenters. The van der Waals surface area contributed by atoms with Crippen molar-refractivity contribution in [2.45, 2.75) is 38.3 Å². The monoisotopic (exact) mass is 375 g/mol. The van der Waals surface area contributed by atoms with Gasteiger partial charge in [-0.05, 0) is 43.7 Å². The number of aromatic nitrogens is 3. The third-order valence-electron chi connectivity index (χ3n) is 5.68. The van der Waals surface area contributed by atoms with E-state index in [4.69, 9.17) is 4.74 Å². The molecule has 0 bridgehead atoms. The zero-order valence-electron chi connectivity index (χ0n) is 15.5. The molecule has 1 aromatic carbocycles. The first-order chi connectivity index (χ1) is 13.7. The molecule has 7 heteroatoms. The second-order valence-corrected chi connectivity index (χ2v) is 7.99. The molecule has 1 amide bonds. The van der Waals surface area contributed by atoms with Gasteiger partial charge >= 0.3 is 0 Å². The summed E-state index contributed by atoms with van der Waals surface area (Å²) < 4.78 is 7.90. The zero-order chi connectivity index (χ0) is 18.7. The maximum absolute atomic E-state index is 12.2. The molecule has 2 fully saturated rings. The number of amides is 1. The quantitative estimate of drug-likeness (QED) is 0.739. The first-order valence-electron chi connectivity index (χ1n) is 9.91. The molecule has 2 saturated carbocycles. The average Bonchev–Trinajstić information content (AvgIpc) is 3.62. The molecular formula is C21H21N5O2. The van der Waals surface area contributed by atoms with E-state index in [0.717, 1.165) is 59.3 Å². The molecular weight excluding hydrogens is 354 g/mol. The predicted octanol–water partition coefficient (Wildman–Crippen LogP) is 3.47. The number of imidazole rings is 1. The SMILES string of the molecule is O=C1COc2cc(Nc3cc4c(cn3)ncn4CC3CC3)ccc2N1C1CC1. The van der Waals surface area contributed by atoms with E-state index in [0.29, 0.717) is 6.04 Å². The fourth-order valence-electron chi connectivity index (χ4n) is 3.88. The summed E-state index contributed by atoms with van der Waals surface area (Å²) >= 11 is 0. The number of benzene rings is 1.